The zero-order valence-corrected chi connectivity index (χ0v) is 19.8. The highest BCUT2D eigenvalue weighted by molar-refractivity contribution is 6.01. The Morgan fingerprint density at radius 3 is 2.56 bits per heavy atom. The van der Waals surface area contributed by atoms with E-state index >= 15 is 0 Å². The van der Waals surface area contributed by atoms with Crippen LogP contribution in [0.2, 0.25) is 0 Å². The lowest BCUT2D eigenvalue weighted by Gasteiger charge is -2.31. The van der Waals surface area contributed by atoms with Gasteiger partial charge in [0.05, 0.1) is 12.1 Å². The highest BCUT2D eigenvalue weighted by Gasteiger charge is 2.33. The predicted molar refractivity (Wildman–Crippen MR) is 130 cm³/mol. The fourth-order valence-corrected chi connectivity index (χ4v) is 3.84. The molecule has 10 heteroatoms. The minimum atomic E-state index is -1.22. The van der Waals surface area contributed by atoms with E-state index in [2.05, 4.69) is 15.6 Å². The molecule has 1 N–H and O–H groups in total. The van der Waals surface area contributed by atoms with Gasteiger partial charge in [0.1, 0.15) is 29.7 Å². The number of aryl methyl sites for hydroxylation is 1. The Morgan fingerprint density at radius 1 is 1.08 bits per heavy atom. The molecule has 2 amide bonds. The Labute approximate surface area is 206 Å². The SMILES string of the molecule is COCCNC(=O)[C@H](c1ccc(F)cc1)N(C(=O)Cn1nnc2ccccc21)c1ccc(C)c(F)c1. The first kappa shape index (κ1) is 24.9. The van der Waals surface area contributed by atoms with Gasteiger partial charge in [-0.25, -0.2) is 13.5 Å². The largest absolute Gasteiger partial charge is 0.383 e. The third kappa shape index (κ3) is 5.38. The van der Waals surface area contributed by atoms with Crippen molar-refractivity contribution in [2.24, 2.45) is 0 Å². The van der Waals surface area contributed by atoms with Crippen LogP contribution in [0, 0.1) is 18.6 Å². The average Bonchev–Trinajstić information content (AvgIpc) is 3.27. The molecule has 0 bridgehead atoms. The fraction of sp³-hybridized carbons (Fsp3) is 0.231. The maximum Gasteiger partial charge on any atom is 0.249 e. The lowest BCUT2D eigenvalue weighted by molar-refractivity contribution is -0.127. The van der Waals surface area contributed by atoms with Crippen LogP contribution in [0.3, 0.4) is 0 Å². The zero-order valence-electron chi connectivity index (χ0n) is 19.8. The Bertz CT molecular complexity index is 1370. The summed E-state index contributed by atoms with van der Waals surface area (Å²) in [6.45, 7) is 1.77. The number of benzene rings is 3. The smallest absolute Gasteiger partial charge is 0.249 e. The average molecular weight is 494 g/mol. The lowest BCUT2D eigenvalue weighted by Crippen LogP contribution is -2.46. The van der Waals surface area contributed by atoms with Crippen molar-refractivity contribution < 1.29 is 23.1 Å². The molecule has 0 radical (unpaired) electrons. The van der Waals surface area contributed by atoms with Crippen molar-refractivity contribution in [3.8, 4) is 0 Å². The number of fused-ring (bicyclic) bond motifs is 1. The third-order valence-electron chi connectivity index (χ3n) is 5.71. The monoisotopic (exact) mass is 493 g/mol. The van der Waals surface area contributed by atoms with Crippen molar-refractivity contribution in [3.63, 3.8) is 0 Å². The first-order chi connectivity index (χ1) is 17.4. The second-order valence-electron chi connectivity index (χ2n) is 8.17. The van der Waals surface area contributed by atoms with Crippen molar-refractivity contribution in [2.45, 2.75) is 19.5 Å². The van der Waals surface area contributed by atoms with Crippen molar-refractivity contribution >= 4 is 28.5 Å². The van der Waals surface area contributed by atoms with Gasteiger partial charge in [-0.3, -0.25) is 14.5 Å². The maximum absolute atomic E-state index is 14.6. The summed E-state index contributed by atoms with van der Waals surface area (Å²) >= 11 is 0. The zero-order chi connectivity index (χ0) is 25.7. The summed E-state index contributed by atoms with van der Waals surface area (Å²) in [6, 6.07) is 15.5. The molecule has 4 aromatic rings. The van der Waals surface area contributed by atoms with Gasteiger partial charge in [-0.05, 0) is 54.4 Å². The molecule has 1 atom stereocenters. The van der Waals surface area contributed by atoms with Gasteiger partial charge in [0.25, 0.3) is 0 Å². The molecular weight excluding hydrogens is 468 g/mol. The molecule has 36 heavy (non-hydrogen) atoms. The van der Waals surface area contributed by atoms with Crippen LogP contribution in [0.4, 0.5) is 14.5 Å². The lowest BCUT2D eigenvalue weighted by atomic mass is 10.0. The van der Waals surface area contributed by atoms with Crippen molar-refractivity contribution in [3.05, 3.63) is 89.5 Å². The second-order valence-corrected chi connectivity index (χ2v) is 8.17. The molecule has 8 nitrogen and oxygen atoms in total. The number of nitrogens with zero attached hydrogens (tertiary/aromatic N) is 4. The number of carbonyl (C=O) groups is 2. The predicted octanol–water partition coefficient (Wildman–Crippen LogP) is 3.56. The van der Waals surface area contributed by atoms with Gasteiger partial charge in [0.15, 0.2) is 0 Å². The molecule has 0 saturated carbocycles. The molecule has 0 unspecified atom stereocenters. The summed E-state index contributed by atoms with van der Waals surface area (Å²) in [7, 11) is 1.50. The van der Waals surface area contributed by atoms with Crippen molar-refractivity contribution in [2.75, 3.05) is 25.2 Å². The van der Waals surface area contributed by atoms with Crippen LogP contribution in [0.15, 0.2) is 66.7 Å². The molecule has 0 fully saturated rings. The number of ether oxygens (including phenoxy) is 1. The molecule has 0 saturated heterocycles. The molecule has 4 rings (SSSR count). The van der Waals surface area contributed by atoms with Gasteiger partial charge in [-0.15, -0.1) is 5.10 Å². The standard InChI is InChI=1S/C26H25F2N5O3/c1-17-7-12-20(15-21(17)28)33(24(34)16-32-23-6-4-3-5-22(23)30-31-32)25(26(35)29-13-14-36-2)18-8-10-19(27)11-9-18/h3-12,15,25H,13-14,16H2,1-2H3,(H,29,35)/t25-/m0/s1. The van der Waals surface area contributed by atoms with E-state index in [1.54, 1.807) is 37.3 Å². The van der Waals surface area contributed by atoms with Gasteiger partial charge >= 0.3 is 0 Å². The minimum Gasteiger partial charge on any atom is -0.383 e. The topological polar surface area (TPSA) is 89.4 Å². The Kier molecular flexibility index (Phi) is 7.65. The summed E-state index contributed by atoms with van der Waals surface area (Å²) in [6.07, 6.45) is 0. The van der Waals surface area contributed by atoms with E-state index in [1.165, 1.54) is 53.1 Å². The second kappa shape index (κ2) is 11.0. The molecular formula is C26H25F2N5O3. The van der Waals surface area contributed by atoms with Crippen molar-refractivity contribution in [1.29, 1.82) is 0 Å². The number of methoxy groups -OCH3 is 1. The van der Waals surface area contributed by atoms with Crippen LogP contribution in [-0.2, 0) is 20.9 Å². The van der Waals surface area contributed by atoms with E-state index in [4.69, 9.17) is 4.74 Å². The molecule has 0 aliphatic carbocycles. The van der Waals surface area contributed by atoms with Gasteiger partial charge in [-0.2, -0.15) is 0 Å². The molecule has 186 valence electrons. The fourth-order valence-electron chi connectivity index (χ4n) is 3.84. The number of para-hydroxylation sites is 1. The number of amides is 2. The van der Waals surface area contributed by atoms with Crippen LogP contribution >= 0.6 is 0 Å². The molecule has 1 aromatic heterocycles. The van der Waals surface area contributed by atoms with E-state index in [-0.39, 0.29) is 25.4 Å². The maximum atomic E-state index is 14.6. The first-order valence-electron chi connectivity index (χ1n) is 11.3. The third-order valence-corrected chi connectivity index (χ3v) is 5.71. The van der Waals surface area contributed by atoms with Crippen LogP contribution < -0.4 is 10.2 Å². The van der Waals surface area contributed by atoms with Crippen molar-refractivity contribution in [1.82, 2.24) is 20.3 Å². The molecule has 1 heterocycles. The van der Waals surface area contributed by atoms with E-state index in [1.807, 2.05) is 0 Å². The Morgan fingerprint density at radius 2 is 1.83 bits per heavy atom. The highest BCUT2D eigenvalue weighted by atomic mass is 19.1. The summed E-state index contributed by atoms with van der Waals surface area (Å²) in [5.74, 6) is -2.10. The van der Waals surface area contributed by atoms with Crippen LogP contribution in [-0.4, -0.2) is 47.1 Å². The highest BCUT2D eigenvalue weighted by Crippen LogP contribution is 2.30. The normalized spacial score (nSPS) is 11.9. The molecule has 0 aliphatic heterocycles. The van der Waals surface area contributed by atoms with E-state index < -0.39 is 29.5 Å². The Balaban J connectivity index is 1.79. The number of hydrogen-bond donors (Lipinski definition) is 1. The quantitative estimate of drug-likeness (QED) is 0.360. The van der Waals surface area contributed by atoms with Gasteiger partial charge in [-0.1, -0.05) is 35.5 Å². The number of nitrogens with one attached hydrogen (secondary N) is 1. The summed E-state index contributed by atoms with van der Waals surface area (Å²) in [5, 5.41) is 10.9. The number of halogens is 2. The summed E-state index contributed by atoms with van der Waals surface area (Å²) < 4.78 is 34.8. The van der Waals surface area contributed by atoms with Crippen LogP contribution in [0.25, 0.3) is 11.0 Å². The number of rotatable bonds is 9. The van der Waals surface area contributed by atoms with Crippen LogP contribution in [0.1, 0.15) is 17.2 Å². The first-order valence-corrected chi connectivity index (χ1v) is 11.3. The molecule has 0 aliphatic rings. The van der Waals surface area contributed by atoms with Crippen LogP contribution in [0.5, 0.6) is 0 Å². The summed E-state index contributed by atoms with van der Waals surface area (Å²) in [4.78, 5) is 28.4. The van der Waals surface area contributed by atoms with Gasteiger partial charge in [0, 0.05) is 19.3 Å². The van der Waals surface area contributed by atoms with E-state index in [0.29, 0.717) is 22.2 Å². The van der Waals surface area contributed by atoms with E-state index in [0.717, 1.165) is 0 Å². The minimum absolute atomic E-state index is 0.170. The number of hydrogen-bond acceptors (Lipinski definition) is 5. The summed E-state index contributed by atoms with van der Waals surface area (Å²) in [5.41, 5.74) is 2.14. The molecule has 3 aromatic carbocycles. The van der Waals surface area contributed by atoms with E-state index in [9.17, 15) is 18.4 Å². The number of aromatic nitrogens is 3. The Hall–Kier alpha value is -4.18. The number of carbonyl (C=O) groups excluding carboxylic acids is 2. The molecule has 0 spiro atoms. The van der Waals surface area contributed by atoms with Gasteiger partial charge in [0.2, 0.25) is 11.8 Å². The number of anilines is 1. The van der Waals surface area contributed by atoms with Gasteiger partial charge < -0.3 is 10.1 Å².